The minimum absolute atomic E-state index is 0.0458. The molecule has 2 amide bonds. The van der Waals surface area contributed by atoms with Crippen molar-refractivity contribution in [3.8, 4) is 0 Å². The van der Waals surface area contributed by atoms with Gasteiger partial charge in [-0.2, -0.15) is 26.3 Å². The normalized spacial score (nSPS) is 17.6. The molecule has 0 saturated heterocycles. The summed E-state index contributed by atoms with van der Waals surface area (Å²) < 4.78 is 80.2. The lowest BCUT2D eigenvalue weighted by Crippen LogP contribution is -2.47. The first-order chi connectivity index (χ1) is 13.5. The lowest BCUT2D eigenvalue weighted by molar-refractivity contribution is -0.167. The third-order valence-corrected chi connectivity index (χ3v) is 4.21. The summed E-state index contributed by atoms with van der Waals surface area (Å²) in [7, 11) is 0. The Morgan fingerprint density at radius 2 is 1.45 bits per heavy atom. The highest BCUT2D eigenvalue weighted by atomic mass is 19.4. The van der Waals surface area contributed by atoms with Crippen LogP contribution in [-0.4, -0.2) is 18.0 Å². The number of hydrogen-bond acceptors (Lipinski definition) is 2. The Bertz CT molecular complexity index is 980. The van der Waals surface area contributed by atoms with Gasteiger partial charge in [-0.05, 0) is 17.2 Å². The molecular formula is C19H12F6N2O2. The molecule has 10 heteroatoms. The fourth-order valence-corrected chi connectivity index (χ4v) is 3.03. The summed E-state index contributed by atoms with van der Waals surface area (Å²) in [4.78, 5) is 24.3. The number of benzene rings is 2. The zero-order valence-electron chi connectivity index (χ0n) is 14.4. The maximum Gasteiger partial charge on any atom is 0.454 e. The summed E-state index contributed by atoms with van der Waals surface area (Å²) in [6.45, 7) is 0. The summed E-state index contributed by atoms with van der Waals surface area (Å²) >= 11 is 0. The molecule has 1 heterocycles. The molecule has 1 atom stereocenters. The number of ketones is 1. The maximum absolute atomic E-state index is 13.4. The van der Waals surface area contributed by atoms with E-state index in [0.29, 0.717) is 6.07 Å². The third-order valence-electron chi connectivity index (χ3n) is 4.21. The van der Waals surface area contributed by atoms with Crippen LogP contribution in [0.1, 0.15) is 22.7 Å². The Morgan fingerprint density at radius 1 is 0.862 bits per heavy atom. The number of urea groups is 1. The van der Waals surface area contributed by atoms with Gasteiger partial charge in [0, 0.05) is 0 Å². The largest absolute Gasteiger partial charge is 0.454 e. The Balaban J connectivity index is 2.31. The van der Waals surface area contributed by atoms with E-state index in [4.69, 9.17) is 0 Å². The van der Waals surface area contributed by atoms with Gasteiger partial charge in [0.05, 0.1) is 22.9 Å². The molecule has 0 radical (unpaired) electrons. The van der Waals surface area contributed by atoms with Crippen molar-refractivity contribution in [2.75, 3.05) is 0 Å². The molecule has 0 aliphatic carbocycles. The van der Waals surface area contributed by atoms with Crippen LogP contribution < -0.4 is 10.6 Å². The number of amides is 2. The topological polar surface area (TPSA) is 58.2 Å². The summed E-state index contributed by atoms with van der Waals surface area (Å²) in [6, 6.07) is 7.94. The minimum Gasteiger partial charge on any atom is -0.327 e. The monoisotopic (exact) mass is 414 g/mol. The van der Waals surface area contributed by atoms with E-state index in [0.717, 1.165) is 12.1 Å². The Kier molecular flexibility index (Phi) is 5.12. The standard InChI is InChI=1S/C19H12F6N2O2/c20-18(21,22)12-9-5-4-8-11(12)15-13(16(28)19(23,24)25)14(26-17(29)27-15)10-6-2-1-3-7-10/h1-9,15H,(H2,26,27,29)/t15-/m1/s1. The van der Waals surface area contributed by atoms with Crippen molar-refractivity contribution < 1.29 is 35.9 Å². The van der Waals surface area contributed by atoms with E-state index >= 15 is 0 Å². The van der Waals surface area contributed by atoms with Crippen molar-refractivity contribution in [2.45, 2.75) is 18.4 Å². The molecule has 0 unspecified atom stereocenters. The molecule has 0 aromatic heterocycles. The molecule has 2 N–H and O–H groups in total. The van der Waals surface area contributed by atoms with Gasteiger partial charge in [0.25, 0.3) is 5.78 Å². The van der Waals surface area contributed by atoms with Crippen LogP contribution in [0.5, 0.6) is 0 Å². The second-order valence-electron chi connectivity index (χ2n) is 6.10. The van der Waals surface area contributed by atoms with Crippen molar-refractivity contribution in [3.05, 3.63) is 76.9 Å². The van der Waals surface area contributed by atoms with E-state index in [1.54, 1.807) is 6.07 Å². The van der Waals surface area contributed by atoms with E-state index in [1.807, 2.05) is 5.32 Å². The second kappa shape index (κ2) is 7.26. The SMILES string of the molecule is O=C1NC(c2ccccc2)=C(C(=O)C(F)(F)F)[C@@H](c2ccccc2C(F)(F)F)N1. The van der Waals surface area contributed by atoms with Crippen LogP contribution in [0.25, 0.3) is 5.70 Å². The van der Waals surface area contributed by atoms with Gasteiger partial charge >= 0.3 is 18.4 Å². The molecule has 1 aliphatic rings. The first kappa shape index (κ1) is 20.4. The van der Waals surface area contributed by atoms with Crippen LogP contribution in [-0.2, 0) is 11.0 Å². The molecule has 2 aromatic rings. The minimum atomic E-state index is -5.37. The molecule has 4 nitrogen and oxygen atoms in total. The van der Waals surface area contributed by atoms with Crippen molar-refractivity contribution in [3.63, 3.8) is 0 Å². The molecule has 0 bridgehead atoms. The molecule has 0 spiro atoms. The summed E-state index contributed by atoms with van der Waals surface area (Å²) in [5.74, 6) is -2.36. The van der Waals surface area contributed by atoms with Gasteiger partial charge in [-0.25, -0.2) is 4.79 Å². The lowest BCUT2D eigenvalue weighted by atomic mass is 9.87. The number of rotatable bonds is 3. The van der Waals surface area contributed by atoms with Gasteiger partial charge in [0.15, 0.2) is 0 Å². The van der Waals surface area contributed by atoms with Gasteiger partial charge in [-0.3, -0.25) is 4.79 Å². The predicted octanol–water partition coefficient (Wildman–Crippen LogP) is 4.60. The average Bonchev–Trinajstić information content (AvgIpc) is 2.66. The summed E-state index contributed by atoms with van der Waals surface area (Å²) in [6.07, 6.45) is -10.3. The number of alkyl halides is 6. The van der Waals surface area contributed by atoms with E-state index in [9.17, 15) is 35.9 Å². The Labute approximate surface area is 160 Å². The highest BCUT2D eigenvalue weighted by Gasteiger charge is 2.48. The maximum atomic E-state index is 13.4. The number of nitrogens with one attached hydrogen (secondary N) is 2. The molecule has 29 heavy (non-hydrogen) atoms. The predicted molar refractivity (Wildman–Crippen MR) is 90.3 cm³/mol. The van der Waals surface area contributed by atoms with Crippen LogP contribution in [0.15, 0.2) is 60.2 Å². The summed E-state index contributed by atoms with van der Waals surface area (Å²) in [5, 5.41) is 4.14. The molecule has 3 rings (SSSR count). The molecule has 1 aliphatic heterocycles. The lowest BCUT2D eigenvalue weighted by Gasteiger charge is -2.31. The average molecular weight is 414 g/mol. The molecular weight excluding hydrogens is 402 g/mol. The Hall–Kier alpha value is -3.30. The zero-order valence-corrected chi connectivity index (χ0v) is 14.4. The van der Waals surface area contributed by atoms with Crippen molar-refractivity contribution in [1.29, 1.82) is 0 Å². The fraction of sp³-hybridized carbons (Fsp3) is 0.158. The van der Waals surface area contributed by atoms with Gasteiger partial charge in [0.2, 0.25) is 0 Å². The highest BCUT2D eigenvalue weighted by Crippen LogP contribution is 2.41. The van der Waals surface area contributed by atoms with Crippen LogP contribution in [0.4, 0.5) is 31.1 Å². The van der Waals surface area contributed by atoms with Crippen LogP contribution in [0.2, 0.25) is 0 Å². The van der Waals surface area contributed by atoms with Gasteiger partial charge in [-0.1, -0.05) is 48.5 Å². The smallest absolute Gasteiger partial charge is 0.327 e. The van der Waals surface area contributed by atoms with E-state index in [-0.39, 0.29) is 5.56 Å². The number of halogens is 6. The summed E-state index contributed by atoms with van der Waals surface area (Å²) in [5.41, 5.74) is -3.41. The van der Waals surface area contributed by atoms with Crippen molar-refractivity contribution in [2.24, 2.45) is 0 Å². The van der Waals surface area contributed by atoms with E-state index in [2.05, 4.69) is 5.32 Å². The first-order valence-corrected chi connectivity index (χ1v) is 8.15. The van der Waals surface area contributed by atoms with Crippen molar-refractivity contribution >= 4 is 17.5 Å². The second-order valence-corrected chi connectivity index (χ2v) is 6.10. The van der Waals surface area contributed by atoms with E-state index < -0.39 is 52.6 Å². The zero-order chi connectivity index (χ0) is 21.4. The molecule has 152 valence electrons. The number of carbonyl (C=O) groups is 2. The number of carbonyl (C=O) groups excluding carboxylic acids is 2. The van der Waals surface area contributed by atoms with Crippen LogP contribution >= 0.6 is 0 Å². The van der Waals surface area contributed by atoms with Crippen LogP contribution in [0, 0.1) is 0 Å². The fourth-order valence-electron chi connectivity index (χ4n) is 3.03. The molecule has 0 fully saturated rings. The van der Waals surface area contributed by atoms with Gasteiger partial charge in [-0.15, -0.1) is 0 Å². The van der Waals surface area contributed by atoms with Gasteiger partial charge < -0.3 is 10.6 Å². The first-order valence-electron chi connectivity index (χ1n) is 8.15. The van der Waals surface area contributed by atoms with Crippen molar-refractivity contribution in [1.82, 2.24) is 10.6 Å². The van der Waals surface area contributed by atoms with Crippen LogP contribution in [0.3, 0.4) is 0 Å². The molecule has 2 aromatic carbocycles. The third kappa shape index (κ3) is 4.10. The Morgan fingerprint density at radius 3 is 2.03 bits per heavy atom. The number of Topliss-reactive ketones (excluding diaryl/α,β-unsaturated/α-hetero) is 1. The number of hydrogen-bond donors (Lipinski definition) is 2. The molecule has 0 saturated carbocycles. The quantitative estimate of drug-likeness (QED) is 0.722. The van der Waals surface area contributed by atoms with E-state index in [1.165, 1.54) is 30.3 Å². The highest BCUT2D eigenvalue weighted by molar-refractivity contribution is 6.10. The van der Waals surface area contributed by atoms with Gasteiger partial charge in [0.1, 0.15) is 0 Å².